The van der Waals surface area contributed by atoms with Crippen LogP contribution in [0.2, 0.25) is 0 Å². The number of hydrogen-bond donors (Lipinski definition) is 1. The predicted molar refractivity (Wildman–Crippen MR) is 82.8 cm³/mol. The van der Waals surface area contributed by atoms with Crippen LogP contribution in [0.3, 0.4) is 0 Å². The summed E-state index contributed by atoms with van der Waals surface area (Å²) in [4.78, 5) is 4.72. The number of benzene rings is 1. The molecule has 2 rings (SSSR count). The van der Waals surface area contributed by atoms with E-state index < -0.39 is 0 Å². The highest BCUT2D eigenvalue weighted by Gasteiger charge is 2.21. The first-order valence-electron chi connectivity index (χ1n) is 6.57. The summed E-state index contributed by atoms with van der Waals surface area (Å²) in [5, 5.41) is 3.12. The molecule has 2 nitrogen and oxygen atoms in total. The monoisotopic (exact) mass is 274 g/mol. The zero-order valence-corrected chi connectivity index (χ0v) is 13.1. The molecular weight excluding hydrogens is 252 g/mol. The lowest BCUT2D eigenvalue weighted by Gasteiger charge is -2.16. The standard InChI is InChI=1S/C16H22N2S/c1-10-6-7-11(2)12(8-10)14(17)15-18-13(9-19-15)16(3,4)5/h6-9,14H,17H2,1-5H3. The molecule has 0 saturated carbocycles. The summed E-state index contributed by atoms with van der Waals surface area (Å²) in [6.07, 6.45) is 0. The third-order valence-corrected chi connectivity index (χ3v) is 4.25. The highest BCUT2D eigenvalue weighted by molar-refractivity contribution is 7.09. The lowest BCUT2D eigenvalue weighted by Crippen LogP contribution is -2.15. The van der Waals surface area contributed by atoms with Gasteiger partial charge in [-0.3, -0.25) is 0 Å². The molecule has 0 saturated heterocycles. The number of rotatable bonds is 2. The maximum Gasteiger partial charge on any atom is 0.114 e. The number of nitrogens with zero attached hydrogens (tertiary/aromatic N) is 1. The molecule has 1 unspecified atom stereocenters. The minimum Gasteiger partial charge on any atom is -0.318 e. The van der Waals surface area contributed by atoms with E-state index in [4.69, 9.17) is 10.7 Å². The molecule has 0 aliphatic rings. The summed E-state index contributed by atoms with van der Waals surface area (Å²) in [7, 11) is 0. The highest BCUT2D eigenvalue weighted by atomic mass is 32.1. The first-order valence-corrected chi connectivity index (χ1v) is 7.45. The van der Waals surface area contributed by atoms with Crippen molar-refractivity contribution in [1.82, 2.24) is 4.98 Å². The third-order valence-electron chi connectivity index (χ3n) is 3.33. The Morgan fingerprint density at radius 2 is 1.89 bits per heavy atom. The number of thiazole rings is 1. The van der Waals surface area contributed by atoms with Crippen LogP contribution in [-0.2, 0) is 5.41 Å². The van der Waals surface area contributed by atoms with Gasteiger partial charge < -0.3 is 5.73 Å². The maximum atomic E-state index is 6.39. The van der Waals surface area contributed by atoms with Crippen molar-refractivity contribution >= 4 is 11.3 Å². The minimum atomic E-state index is -0.124. The molecule has 2 aromatic rings. The Balaban J connectivity index is 2.36. The summed E-state index contributed by atoms with van der Waals surface area (Å²) >= 11 is 1.66. The van der Waals surface area contributed by atoms with Crippen molar-refractivity contribution < 1.29 is 0 Å². The second-order valence-electron chi connectivity index (χ2n) is 6.16. The van der Waals surface area contributed by atoms with Gasteiger partial charge in [0, 0.05) is 10.8 Å². The summed E-state index contributed by atoms with van der Waals surface area (Å²) < 4.78 is 0. The summed E-state index contributed by atoms with van der Waals surface area (Å²) in [5.41, 5.74) is 11.2. The lowest BCUT2D eigenvalue weighted by molar-refractivity contribution is 0.569. The second kappa shape index (κ2) is 5.06. The Kier molecular flexibility index (Phi) is 3.79. The van der Waals surface area contributed by atoms with Crippen LogP contribution in [0, 0.1) is 13.8 Å². The maximum absolute atomic E-state index is 6.39. The molecule has 3 heteroatoms. The average molecular weight is 274 g/mol. The fourth-order valence-electron chi connectivity index (χ4n) is 2.00. The Hall–Kier alpha value is -1.19. The van der Waals surface area contributed by atoms with E-state index in [-0.39, 0.29) is 11.5 Å². The quantitative estimate of drug-likeness (QED) is 0.895. The number of hydrogen-bond acceptors (Lipinski definition) is 3. The van der Waals surface area contributed by atoms with Crippen molar-refractivity contribution in [2.45, 2.75) is 46.1 Å². The van der Waals surface area contributed by atoms with E-state index in [0.29, 0.717) is 0 Å². The third kappa shape index (κ3) is 3.04. The smallest absolute Gasteiger partial charge is 0.114 e. The molecule has 1 aromatic heterocycles. The van der Waals surface area contributed by atoms with Crippen molar-refractivity contribution in [2.75, 3.05) is 0 Å². The molecule has 1 heterocycles. The van der Waals surface area contributed by atoms with Gasteiger partial charge in [-0.15, -0.1) is 11.3 Å². The van der Waals surface area contributed by atoms with E-state index in [0.717, 1.165) is 10.7 Å². The highest BCUT2D eigenvalue weighted by Crippen LogP contribution is 2.30. The van der Waals surface area contributed by atoms with Crippen molar-refractivity contribution in [3.05, 3.63) is 51.0 Å². The van der Waals surface area contributed by atoms with Crippen LogP contribution in [0.15, 0.2) is 23.6 Å². The minimum absolute atomic E-state index is 0.0795. The predicted octanol–water partition coefficient (Wildman–Crippen LogP) is 4.11. The van der Waals surface area contributed by atoms with Gasteiger partial charge in [-0.25, -0.2) is 4.98 Å². The van der Waals surface area contributed by atoms with Crippen molar-refractivity contribution in [3.8, 4) is 0 Å². The zero-order valence-electron chi connectivity index (χ0n) is 12.3. The van der Waals surface area contributed by atoms with Gasteiger partial charge in [0.1, 0.15) is 5.01 Å². The number of aromatic nitrogens is 1. The van der Waals surface area contributed by atoms with Crippen LogP contribution in [0.4, 0.5) is 0 Å². The molecule has 0 fully saturated rings. The molecule has 0 spiro atoms. The van der Waals surface area contributed by atoms with E-state index in [1.165, 1.54) is 16.7 Å². The molecule has 2 N–H and O–H groups in total. The summed E-state index contributed by atoms with van der Waals surface area (Å²) in [5.74, 6) is 0. The van der Waals surface area contributed by atoms with Gasteiger partial charge in [-0.05, 0) is 25.0 Å². The fraction of sp³-hybridized carbons (Fsp3) is 0.438. The van der Waals surface area contributed by atoms with E-state index in [2.05, 4.69) is 58.2 Å². The van der Waals surface area contributed by atoms with Crippen molar-refractivity contribution in [1.29, 1.82) is 0 Å². The second-order valence-corrected chi connectivity index (χ2v) is 7.05. The van der Waals surface area contributed by atoms with E-state index in [1.807, 2.05) is 0 Å². The molecule has 102 valence electrons. The number of aryl methyl sites for hydroxylation is 2. The van der Waals surface area contributed by atoms with Crippen molar-refractivity contribution in [2.24, 2.45) is 5.73 Å². The van der Waals surface area contributed by atoms with Gasteiger partial charge in [0.2, 0.25) is 0 Å². The summed E-state index contributed by atoms with van der Waals surface area (Å²) in [6.45, 7) is 10.7. The normalized spacial score (nSPS) is 13.6. The van der Waals surface area contributed by atoms with Crippen molar-refractivity contribution in [3.63, 3.8) is 0 Å². The Morgan fingerprint density at radius 1 is 1.21 bits per heavy atom. The Bertz CT molecular complexity index is 579. The fourth-order valence-corrected chi connectivity index (χ4v) is 3.07. The van der Waals surface area contributed by atoms with Crippen LogP contribution in [-0.4, -0.2) is 4.98 Å². The number of nitrogens with two attached hydrogens (primary N) is 1. The van der Waals surface area contributed by atoms with Crippen LogP contribution in [0.1, 0.15) is 54.2 Å². The van der Waals surface area contributed by atoms with Crippen LogP contribution >= 0.6 is 11.3 Å². The average Bonchev–Trinajstić information content (AvgIpc) is 2.80. The molecule has 0 radical (unpaired) electrons. The molecule has 0 amide bonds. The van der Waals surface area contributed by atoms with E-state index in [1.54, 1.807) is 11.3 Å². The van der Waals surface area contributed by atoms with E-state index in [9.17, 15) is 0 Å². The molecule has 1 aromatic carbocycles. The van der Waals surface area contributed by atoms with Gasteiger partial charge >= 0.3 is 0 Å². The first-order chi connectivity index (χ1) is 8.79. The van der Waals surface area contributed by atoms with E-state index >= 15 is 0 Å². The first kappa shape index (κ1) is 14.2. The van der Waals surface area contributed by atoms with Crippen LogP contribution in [0.25, 0.3) is 0 Å². The molecule has 19 heavy (non-hydrogen) atoms. The molecular formula is C16H22N2S. The van der Waals surface area contributed by atoms with Gasteiger partial charge in [-0.2, -0.15) is 0 Å². The SMILES string of the molecule is Cc1ccc(C)c(C(N)c2nc(C(C)(C)C)cs2)c1. The topological polar surface area (TPSA) is 38.9 Å². The Morgan fingerprint density at radius 3 is 2.47 bits per heavy atom. The largest absolute Gasteiger partial charge is 0.318 e. The molecule has 1 atom stereocenters. The summed E-state index contributed by atoms with van der Waals surface area (Å²) in [6, 6.07) is 6.29. The molecule has 0 aliphatic carbocycles. The zero-order chi connectivity index (χ0) is 14.2. The van der Waals surface area contributed by atoms with Gasteiger partial charge in [-0.1, -0.05) is 44.5 Å². The molecule has 0 bridgehead atoms. The lowest BCUT2D eigenvalue weighted by atomic mass is 9.93. The van der Waals surface area contributed by atoms with Gasteiger partial charge in [0.05, 0.1) is 11.7 Å². The Labute approximate surface area is 119 Å². The van der Waals surface area contributed by atoms with Crippen LogP contribution < -0.4 is 5.73 Å². The van der Waals surface area contributed by atoms with Gasteiger partial charge in [0.25, 0.3) is 0 Å². The molecule has 0 aliphatic heterocycles. The van der Waals surface area contributed by atoms with Crippen LogP contribution in [0.5, 0.6) is 0 Å². The van der Waals surface area contributed by atoms with Gasteiger partial charge in [0.15, 0.2) is 0 Å².